The molecule has 0 unspecified atom stereocenters. The summed E-state index contributed by atoms with van der Waals surface area (Å²) in [6, 6.07) is 9.90. The van der Waals surface area contributed by atoms with Crippen LogP contribution in [0.1, 0.15) is 18.1 Å². The molecule has 1 heterocycles. The van der Waals surface area contributed by atoms with E-state index in [1.165, 1.54) is 19.2 Å². The lowest BCUT2D eigenvalue weighted by atomic mass is 10.1. The van der Waals surface area contributed by atoms with E-state index in [4.69, 9.17) is 27.9 Å². The number of hydrogen-bond donors (Lipinski definition) is 1. The van der Waals surface area contributed by atoms with Crippen LogP contribution in [0, 0.1) is 5.82 Å². The Labute approximate surface area is 171 Å². The Morgan fingerprint density at radius 2 is 2.00 bits per heavy atom. The minimum absolute atomic E-state index is 0.0268. The summed E-state index contributed by atoms with van der Waals surface area (Å²) in [4.78, 5) is 16.3. The molecule has 3 rings (SSSR count). The third-order valence-corrected chi connectivity index (χ3v) is 4.74. The molecule has 0 radical (unpaired) electrons. The normalized spacial score (nSPS) is 10.8. The average molecular weight is 422 g/mol. The molecular formula is C20H18Cl2FN3O2. The van der Waals surface area contributed by atoms with Crippen molar-refractivity contribution in [3.8, 4) is 5.75 Å². The number of aromatic nitrogens is 2. The molecule has 0 atom stereocenters. The lowest BCUT2D eigenvalue weighted by Gasteiger charge is -2.17. The summed E-state index contributed by atoms with van der Waals surface area (Å²) in [6.45, 7) is 2.31. The maximum atomic E-state index is 13.5. The van der Waals surface area contributed by atoms with E-state index < -0.39 is 11.4 Å². The van der Waals surface area contributed by atoms with Crippen molar-refractivity contribution in [1.29, 1.82) is 0 Å². The molecule has 28 heavy (non-hydrogen) atoms. The minimum Gasteiger partial charge on any atom is -0.490 e. The third-order valence-electron chi connectivity index (χ3n) is 4.21. The Bertz CT molecular complexity index is 1070. The fourth-order valence-corrected chi connectivity index (χ4v) is 3.16. The highest BCUT2D eigenvalue weighted by Gasteiger charge is 2.12. The van der Waals surface area contributed by atoms with Crippen molar-refractivity contribution in [2.45, 2.75) is 19.9 Å². The van der Waals surface area contributed by atoms with Crippen LogP contribution < -0.4 is 15.6 Å². The van der Waals surface area contributed by atoms with Crippen LogP contribution in [0.2, 0.25) is 10.0 Å². The Hall–Kier alpha value is -2.57. The second kappa shape index (κ2) is 8.63. The summed E-state index contributed by atoms with van der Waals surface area (Å²) in [6.07, 6.45) is 2.30. The van der Waals surface area contributed by atoms with E-state index in [1.54, 1.807) is 22.9 Å². The van der Waals surface area contributed by atoms with Gasteiger partial charge in [0.1, 0.15) is 5.82 Å². The predicted octanol–water partition coefficient (Wildman–Crippen LogP) is 5.05. The quantitative estimate of drug-likeness (QED) is 0.604. The van der Waals surface area contributed by atoms with Crippen LogP contribution in [-0.4, -0.2) is 16.7 Å². The van der Waals surface area contributed by atoms with Gasteiger partial charge in [0.25, 0.3) is 0 Å². The number of nitrogens with one attached hydrogen (secondary N) is 1. The van der Waals surface area contributed by atoms with E-state index in [-0.39, 0.29) is 10.8 Å². The van der Waals surface area contributed by atoms with E-state index in [9.17, 15) is 9.18 Å². The van der Waals surface area contributed by atoms with Crippen molar-refractivity contribution in [3.05, 3.63) is 79.9 Å². The zero-order chi connectivity index (χ0) is 20.3. The topological polar surface area (TPSA) is 56.1 Å². The van der Waals surface area contributed by atoms with E-state index >= 15 is 0 Å². The molecular weight excluding hydrogens is 404 g/mol. The molecule has 0 aliphatic rings. The molecule has 0 aliphatic heterocycles. The van der Waals surface area contributed by atoms with Crippen LogP contribution in [0.25, 0.3) is 0 Å². The van der Waals surface area contributed by atoms with Gasteiger partial charge in [-0.3, -0.25) is 4.79 Å². The standard InChI is InChI=1S/C20H18Cl2FN3O2/c1-3-13-9-14(21)5-7-17(13)24-20-25-19(27)18(28-2)11-26(20)10-12-4-6-16(23)15(22)8-12/h4-9,11H,3,10H2,1-2H3,(H,24,25,27). The van der Waals surface area contributed by atoms with Gasteiger partial charge in [0.2, 0.25) is 11.7 Å². The van der Waals surface area contributed by atoms with Gasteiger partial charge in [-0.05, 0) is 47.9 Å². The number of aryl methyl sites for hydroxylation is 1. The van der Waals surface area contributed by atoms with Gasteiger partial charge in [0.15, 0.2) is 0 Å². The Kier molecular flexibility index (Phi) is 6.21. The molecule has 5 nitrogen and oxygen atoms in total. The van der Waals surface area contributed by atoms with Gasteiger partial charge in [-0.25, -0.2) is 4.39 Å². The van der Waals surface area contributed by atoms with E-state index in [2.05, 4.69) is 10.3 Å². The number of nitrogens with zero attached hydrogens (tertiary/aromatic N) is 2. The monoisotopic (exact) mass is 421 g/mol. The maximum absolute atomic E-state index is 13.5. The molecule has 0 aliphatic carbocycles. The van der Waals surface area contributed by atoms with Crippen molar-refractivity contribution in [2.24, 2.45) is 0 Å². The Morgan fingerprint density at radius 1 is 1.21 bits per heavy atom. The van der Waals surface area contributed by atoms with Crippen molar-refractivity contribution >= 4 is 34.8 Å². The number of ether oxygens (including phenoxy) is 1. The largest absolute Gasteiger partial charge is 0.490 e. The highest BCUT2D eigenvalue weighted by atomic mass is 35.5. The number of rotatable bonds is 6. The van der Waals surface area contributed by atoms with Crippen LogP contribution >= 0.6 is 23.2 Å². The molecule has 3 aromatic rings. The summed E-state index contributed by atoms with van der Waals surface area (Å²) in [5, 5.41) is 3.84. The summed E-state index contributed by atoms with van der Waals surface area (Å²) in [5.74, 6) is -0.0676. The molecule has 0 amide bonds. The SMILES string of the molecule is CCc1cc(Cl)ccc1Nc1nc(=O)c(OC)cn1Cc1ccc(F)c(Cl)c1. The molecule has 0 fully saturated rings. The van der Waals surface area contributed by atoms with Crippen LogP contribution in [0.3, 0.4) is 0 Å². The summed E-state index contributed by atoms with van der Waals surface area (Å²) >= 11 is 12.0. The Morgan fingerprint density at radius 3 is 2.68 bits per heavy atom. The molecule has 0 saturated heterocycles. The third kappa shape index (κ3) is 4.46. The zero-order valence-corrected chi connectivity index (χ0v) is 16.8. The average Bonchev–Trinajstić information content (AvgIpc) is 2.68. The number of methoxy groups -OCH3 is 1. The lowest BCUT2D eigenvalue weighted by Crippen LogP contribution is -2.19. The predicted molar refractivity (Wildman–Crippen MR) is 110 cm³/mol. The van der Waals surface area contributed by atoms with Gasteiger partial charge in [0.05, 0.1) is 24.9 Å². The first-order valence-corrected chi connectivity index (χ1v) is 9.31. The highest BCUT2D eigenvalue weighted by molar-refractivity contribution is 6.31. The first kappa shape index (κ1) is 20.2. The van der Waals surface area contributed by atoms with Gasteiger partial charge in [0, 0.05) is 10.7 Å². The maximum Gasteiger partial charge on any atom is 0.316 e. The summed E-state index contributed by atoms with van der Waals surface area (Å²) in [5.41, 5.74) is 2.02. The summed E-state index contributed by atoms with van der Waals surface area (Å²) < 4.78 is 20.3. The van der Waals surface area contributed by atoms with Gasteiger partial charge < -0.3 is 14.6 Å². The molecule has 146 valence electrons. The lowest BCUT2D eigenvalue weighted by molar-refractivity contribution is 0.402. The number of halogens is 3. The summed E-state index contributed by atoms with van der Waals surface area (Å²) in [7, 11) is 1.40. The van der Waals surface area contributed by atoms with Crippen molar-refractivity contribution in [2.75, 3.05) is 12.4 Å². The number of hydrogen-bond acceptors (Lipinski definition) is 4. The van der Waals surface area contributed by atoms with E-state index in [0.717, 1.165) is 23.2 Å². The number of benzene rings is 2. The fraction of sp³-hybridized carbons (Fsp3) is 0.200. The molecule has 2 aromatic carbocycles. The van der Waals surface area contributed by atoms with Gasteiger partial charge in [-0.2, -0.15) is 4.98 Å². The zero-order valence-electron chi connectivity index (χ0n) is 15.3. The molecule has 0 bridgehead atoms. The Balaban J connectivity index is 2.03. The molecule has 1 N–H and O–H groups in total. The first-order valence-electron chi connectivity index (χ1n) is 8.56. The second-order valence-corrected chi connectivity index (χ2v) is 6.94. The van der Waals surface area contributed by atoms with Crippen LogP contribution in [0.5, 0.6) is 5.75 Å². The van der Waals surface area contributed by atoms with Crippen LogP contribution in [0.4, 0.5) is 16.0 Å². The van der Waals surface area contributed by atoms with Crippen LogP contribution in [0.15, 0.2) is 47.4 Å². The highest BCUT2D eigenvalue weighted by Crippen LogP contribution is 2.25. The van der Waals surface area contributed by atoms with E-state index in [1.807, 2.05) is 19.1 Å². The first-order chi connectivity index (χ1) is 13.4. The second-order valence-electron chi connectivity index (χ2n) is 6.09. The molecule has 0 saturated carbocycles. The fourth-order valence-electron chi connectivity index (χ4n) is 2.77. The van der Waals surface area contributed by atoms with Gasteiger partial charge in [-0.1, -0.05) is 36.2 Å². The molecule has 1 aromatic heterocycles. The smallest absolute Gasteiger partial charge is 0.316 e. The number of anilines is 2. The van der Waals surface area contributed by atoms with Crippen molar-refractivity contribution < 1.29 is 9.13 Å². The van der Waals surface area contributed by atoms with Crippen molar-refractivity contribution in [1.82, 2.24) is 9.55 Å². The van der Waals surface area contributed by atoms with Crippen molar-refractivity contribution in [3.63, 3.8) is 0 Å². The van der Waals surface area contributed by atoms with E-state index in [0.29, 0.717) is 17.5 Å². The minimum atomic E-state index is -0.495. The molecule has 0 spiro atoms. The van der Waals surface area contributed by atoms with Crippen LogP contribution in [-0.2, 0) is 13.0 Å². The molecule has 8 heteroatoms. The van der Waals surface area contributed by atoms with Gasteiger partial charge >= 0.3 is 5.56 Å². The van der Waals surface area contributed by atoms with Gasteiger partial charge in [-0.15, -0.1) is 0 Å².